The number of nitrogens with one attached hydrogen (secondary N) is 1. The highest BCUT2D eigenvalue weighted by Crippen LogP contribution is 2.39. The van der Waals surface area contributed by atoms with Crippen molar-refractivity contribution >= 4 is 31.7 Å². The molecule has 3 rings (SSSR count). The van der Waals surface area contributed by atoms with Crippen molar-refractivity contribution in [1.82, 2.24) is 0 Å². The lowest BCUT2D eigenvalue weighted by atomic mass is 10.1. The normalized spacial score (nSPS) is 11.3. The molecule has 0 heterocycles. The van der Waals surface area contributed by atoms with Crippen molar-refractivity contribution in [3.63, 3.8) is 0 Å². The molecule has 0 radical (unpaired) electrons. The smallest absolute Gasteiger partial charge is 0.339 e. The Hall–Kier alpha value is -2.51. The summed E-state index contributed by atoms with van der Waals surface area (Å²) in [6.45, 7) is 8.81. The molecule has 0 spiro atoms. The van der Waals surface area contributed by atoms with Crippen LogP contribution in [0.25, 0.3) is 0 Å². The van der Waals surface area contributed by atoms with Gasteiger partial charge in [0.25, 0.3) is 0 Å². The molecule has 3 aromatic carbocycles. The molecule has 5 nitrogen and oxygen atoms in total. The molecule has 0 aliphatic heterocycles. The molecular weight excluding hydrogens is 478 g/mol. The van der Waals surface area contributed by atoms with E-state index >= 15 is 0 Å². The highest BCUT2D eigenvalue weighted by atomic mass is 79.9. The third-order valence-electron chi connectivity index (χ3n) is 4.88. The van der Waals surface area contributed by atoms with Gasteiger partial charge in [0.15, 0.2) is 11.5 Å². The van der Waals surface area contributed by atoms with Crippen LogP contribution in [0, 0.1) is 20.8 Å². The second-order valence-corrected chi connectivity index (χ2v) is 9.74. The molecule has 7 heteroatoms. The van der Waals surface area contributed by atoms with E-state index in [0.29, 0.717) is 23.4 Å². The van der Waals surface area contributed by atoms with Crippen LogP contribution in [-0.4, -0.2) is 15.0 Å². The fourth-order valence-electron chi connectivity index (χ4n) is 2.99. The molecule has 0 atom stereocenters. The van der Waals surface area contributed by atoms with E-state index in [1.807, 2.05) is 26.0 Å². The lowest BCUT2D eigenvalue weighted by molar-refractivity contribution is 0.326. The maximum Gasteiger partial charge on any atom is 0.339 e. The predicted molar refractivity (Wildman–Crippen MR) is 128 cm³/mol. The zero-order valence-electron chi connectivity index (χ0n) is 18.0. The highest BCUT2D eigenvalue weighted by molar-refractivity contribution is 9.10. The maximum absolute atomic E-state index is 12.8. The highest BCUT2D eigenvalue weighted by Gasteiger charge is 2.22. The quantitative estimate of drug-likeness (QED) is 0.373. The Morgan fingerprint density at radius 2 is 1.65 bits per heavy atom. The van der Waals surface area contributed by atoms with Crippen molar-refractivity contribution in [3.05, 3.63) is 81.3 Å². The van der Waals surface area contributed by atoms with Crippen LogP contribution in [0.5, 0.6) is 11.5 Å². The largest absolute Gasteiger partial charge is 0.490 e. The van der Waals surface area contributed by atoms with E-state index in [2.05, 4.69) is 47.2 Å². The second kappa shape index (κ2) is 9.75. The standard InChI is InChI=1S/C24H26BrNO4S/c1-5-29-23-14-19(15-26-20-9-8-17(3)18(4)12-20)13-22(25)24(23)30-31(27,28)21-10-6-16(2)7-11-21/h6-14,26H,5,15H2,1-4H3. The van der Waals surface area contributed by atoms with E-state index in [9.17, 15) is 8.42 Å². The molecule has 0 aliphatic rings. The molecule has 164 valence electrons. The van der Waals surface area contributed by atoms with Gasteiger partial charge in [0.1, 0.15) is 4.90 Å². The summed E-state index contributed by atoms with van der Waals surface area (Å²) in [6.07, 6.45) is 0. The van der Waals surface area contributed by atoms with Crippen molar-refractivity contribution in [2.45, 2.75) is 39.1 Å². The number of anilines is 1. The zero-order chi connectivity index (χ0) is 22.6. The van der Waals surface area contributed by atoms with Crippen LogP contribution < -0.4 is 14.2 Å². The summed E-state index contributed by atoms with van der Waals surface area (Å²) in [5, 5.41) is 3.39. The van der Waals surface area contributed by atoms with E-state index in [-0.39, 0.29) is 10.6 Å². The molecule has 0 saturated carbocycles. The number of benzene rings is 3. The Balaban J connectivity index is 1.86. The summed E-state index contributed by atoms with van der Waals surface area (Å²) in [4.78, 5) is 0.0907. The van der Waals surface area contributed by atoms with Gasteiger partial charge in [0.2, 0.25) is 0 Å². The van der Waals surface area contributed by atoms with E-state index in [1.54, 1.807) is 18.2 Å². The van der Waals surface area contributed by atoms with Crippen LogP contribution in [0.3, 0.4) is 0 Å². The molecule has 3 aromatic rings. The molecule has 0 unspecified atom stereocenters. The van der Waals surface area contributed by atoms with Crippen LogP contribution in [0.4, 0.5) is 5.69 Å². The molecule has 0 bridgehead atoms. The molecule has 0 aromatic heterocycles. The maximum atomic E-state index is 12.8. The monoisotopic (exact) mass is 503 g/mol. The molecule has 31 heavy (non-hydrogen) atoms. The average molecular weight is 504 g/mol. The minimum Gasteiger partial charge on any atom is -0.490 e. The lowest BCUT2D eigenvalue weighted by Gasteiger charge is -2.16. The van der Waals surface area contributed by atoms with Crippen molar-refractivity contribution in [2.24, 2.45) is 0 Å². The van der Waals surface area contributed by atoms with Gasteiger partial charge in [-0.3, -0.25) is 0 Å². The molecule has 0 amide bonds. The van der Waals surface area contributed by atoms with Crippen molar-refractivity contribution < 1.29 is 17.3 Å². The Labute approximate surface area is 192 Å². The Morgan fingerprint density at radius 1 is 0.935 bits per heavy atom. The fraction of sp³-hybridized carbons (Fsp3) is 0.250. The SMILES string of the molecule is CCOc1cc(CNc2ccc(C)c(C)c2)cc(Br)c1OS(=O)(=O)c1ccc(C)cc1. The number of ether oxygens (including phenoxy) is 1. The minimum absolute atomic E-state index is 0.0907. The first-order valence-electron chi connectivity index (χ1n) is 9.97. The van der Waals surface area contributed by atoms with Crippen LogP contribution in [-0.2, 0) is 16.7 Å². The average Bonchev–Trinajstić information content (AvgIpc) is 2.72. The van der Waals surface area contributed by atoms with Crippen LogP contribution in [0.1, 0.15) is 29.2 Å². The van der Waals surface area contributed by atoms with Gasteiger partial charge in [-0.15, -0.1) is 0 Å². The first-order chi connectivity index (χ1) is 14.7. The number of aryl methyl sites for hydroxylation is 3. The fourth-order valence-corrected chi connectivity index (χ4v) is 4.62. The van der Waals surface area contributed by atoms with E-state index in [4.69, 9.17) is 8.92 Å². The number of rotatable bonds is 8. The molecule has 0 saturated heterocycles. The summed E-state index contributed by atoms with van der Waals surface area (Å²) in [5.74, 6) is 0.502. The summed E-state index contributed by atoms with van der Waals surface area (Å²) in [6, 6.07) is 16.4. The Morgan fingerprint density at radius 3 is 2.29 bits per heavy atom. The number of halogens is 1. The van der Waals surface area contributed by atoms with Gasteiger partial charge in [-0.2, -0.15) is 8.42 Å². The number of hydrogen-bond acceptors (Lipinski definition) is 5. The van der Waals surface area contributed by atoms with Crippen LogP contribution in [0.2, 0.25) is 0 Å². The van der Waals surface area contributed by atoms with Gasteiger partial charge < -0.3 is 14.2 Å². The lowest BCUT2D eigenvalue weighted by Crippen LogP contribution is -2.12. The first kappa shape index (κ1) is 23.2. The minimum atomic E-state index is -4.00. The van der Waals surface area contributed by atoms with Gasteiger partial charge >= 0.3 is 10.1 Å². The van der Waals surface area contributed by atoms with E-state index < -0.39 is 10.1 Å². The molecule has 0 aliphatic carbocycles. The third-order valence-corrected chi connectivity index (χ3v) is 6.70. The second-order valence-electron chi connectivity index (χ2n) is 7.34. The summed E-state index contributed by atoms with van der Waals surface area (Å²) in [5.41, 5.74) is 5.36. The van der Waals surface area contributed by atoms with Crippen molar-refractivity contribution in [2.75, 3.05) is 11.9 Å². The predicted octanol–water partition coefficient (Wildman–Crippen LogP) is 6.15. The zero-order valence-corrected chi connectivity index (χ0v) is 20.4. The molecular formula is C24H26BrNO4S. The Kier molecular flexibility index (Phi) is 7.28. The first-order valence-corrected chi connectivity index (χ1v) is 12.2. The third kappa shape index (κ3) is 5.80. The van der Waals surface area contributed by atoms with Gasteiger partial charge in [0, 0.05) is 12.2 Å². The van der Waals surface area contributed by atoms with Gasteiger partial charge in [-0.05, 0) is 96.7 Å². The topological polar surface area (TPSA) is 64.6 Å². The van der Waals surface area contributed by atoms with Gasteiger partial charge in [-0.1, -0.05) is 23.8 Å². The summed E-state index contributed by atoms with van der Waals surface area (Å²) < 4.78 is 37.2. The Bertz CT molecular complexity index is 1170. The van der Waals surface area contributed by atoms with Gasteiger partial charge in [-0.25, -0.2) is 0 Å². The van der Waals surface area contributed by atoms with E-state index in [1.165, 1.54) is 23.3 Å². The molecule has 0 fully saturated rings. The molecule has 1 N–H and O–H groups in total. The van der Waals surface area contributed by atoms with Crippen LogP contribution in [0.15, 0.2) is 64.0 Å². The van der Waals surface area contributed by atoms with Crippen molar-refractivity contribution in [1.29, 1.82) is 0 Å². The number of hydrogen-bond donors (Lipinski definition) is 1. The summed E-state index contributed by atoms with van der Waals surface area (Å²) in [7, 11) is -4.00. The van der Waals surface area contributed by atoms with Crippen LogP contribution >= 0.6 is 15.9 Å². The van der Waals surface area contributed by atoms with Crippen molar-refractivity contribution in [3.8, 4) is 11.5 Å². The van der Waals surface area contributed by atoms with Gasteiger partial charge in [0.05, 0.1) is 11.1 Å². The van der Waals surface area contributed by atoms with E-state index in [0.717, 1.165) is 16.8 Å². The summed E-state index contributed by atoms with van der Waals surface area (Å²) >= 11 is 3.46.